The highest BCUT2D eigenvalue weighted by Crippen LogP contribution is 2.29. The molecule has 0 radical (unpaired) electrons. The Balaban J connectivity index is 1.66. The van der Waals surface area contributed by atoms with Crippen LogP contribution < -0.4 is 10.7 Å². The first kappa shape index (κ1) is 18.9. The zero-order valence-corrected chi connectivity index (χ0v) is 15.2. The number of halogens is 2. The molecule has 2 aliphatic rings. The molecule has 150 valence electrons. The van der Waals surface area contributed by atoms with E-state index in [1.807, 2.05) is 12.2 Å². The summed E-state index contributed by atoms with van der Waals surface area (Å²) in [5, 5.41) is 12.8. The molecule has 0 saturated heterocycles. The molecule has 2 N–H and O–H groups in total. The number of rotatable bonds is 3. The molecule has 1 atom stereocenters. The molecule has 7 nitrogen and oxygen atoms in total. The molecule has 1 aromatic carbocycles. The van der Waals surface area contributed by atoms with E-state index in [1.165, 1.54) is 21.7 Å². The number of aromatic hydroxyl groups is 1. The van der Waals surface area contributed by atoms with Gasteiger partial charge in [0.25, 0.3) is 11.8 Å². The minimum absolute atomic E-state index is 0.0433. The summed E-state index contributed by atoms with van der Waals surface area (Å²) < 4.78 is 28.2. The van der Waals surface area contributed by atoms with E-state index in [9.17, 15) is 28.3 Å². The lowest BCUT2D eigenvalue weighted by atomic mass is 10.1. The van der Waals surface area contributed by atoms with Crippen molar-refractivity contribution < 1.29 is 23.5 Å². The molecule has 0 aliphatic carbocycles. The van der Waals surface area contributed by atoms with Crippen LogP contribution in [0.4, 0.5) is 8.78 Å². The quantitative estimate of drug-likeness (QED) is 0.767. The highest BCUT2D eigenvalue weighted by atomic mass is 19.1. The fourth-order valence-electron chi connectivity index (χ4n) is 3.59. The summed E-state index contributed by atoms with van der Waals surface area (Å²) in [6.07, 6.45) is 5.57. The van der Waals surface area contributed by atoms with Crippen molar-refractivity contribution in [2.75, 3.05) is 13.1 Å². The van der Waals surface area contributed by atoms with Gasteiger partial charge in [-0.15, -0.1) is 0 Å². The van der Waals surface area contributed by atoms with Crippen molar-refractivity contribution >= 4 is 11.8 Å². The van der Waals surface area contributed by atoms with Crippen LogP contribution in [-0.4, -0.2) is 39.5 Å². The van der Waals surface area contributed by atoms with Gasteiger partial charge in [0.2, 0.25) is 5.43 Å². The average Bonchev–Trinajstić information content (AvgIpc) is 2.91. The smallest absolute Gasteiger partial charge is 0.274 e. The number of benzene rings is 1. The van der Waals surface area contributed by atoms with E-state index >= 15 is 0 Å². The van der Waals surface area contributed by atoms with E-state index in [2.05, 4.69) is 5.32 Å². The molecule has 0 fully saturated rings. The Hall–Kier alpha value is -3.49. The summed E-state index contributed by atoms with van der Waals surface area (Å²) in [6.45, 7) is 0.503. The summed E-state index contributed by atoms with van der Waals surface area (Å²) in [4.78, 5) is 39.2. The maximum Gasteiger partial charge on any atom is 0.274 e. The molecule has 2 aliphatic heterocycles. The summed E-state index contributed by atoms with van der Waals surface area (Å²) >= 11 is 0. The molecule has 9 heteroatoms. The van der Waals surface area contributed by atoms with Crippen molar-refractivity contribution in [3.8, 4) is 5.75 Å². The van der Waals surface area contributed by atoms with Gasteiger partial charge in [0.15, 0.2) is 11.4 Å². The summed E-state index contributed by atoms with van der Waals surface area (Å²) in [5.74, 6) is -3.67. The molecule has 4 rings (SSSR count). The number of carbonyl (C=O) groups excluding carboxylic acids is 2. The fourth-order valence-corrected chi connectivity index (χ4v) is 3.59. The lowest BCUT2D eigenvalue weighted by Crippen LogP contribution is -2.44. The number of nitrogens with one attached hydrogen (secondary N) is 1. The van der Waals surface area contributed by atoms with Crippen molar-refractivity contribution in [3.05, 3.63) is 75.2 Å². The Bertz CT molecular complexity index is 1110. The van der Waals surface area contributed by atoms with Gasteiger partial charge in [0.1, 0.15) is 17.2 Å². The van der Waals surface area contributed by atoms with E-state index in [0.717, 1.165) is 6.07 Å². The van der Waals surface area contributed by atoms with Crippen molar-refractivity contribution in [3.63, 3.8) is 0 Å². The molecule has 2 amide bonds. The van der Waals surface area contributed by atoms with Gasteiger partial charge in [0.05, 0.1) is 6.04 Å². The van der Waals surface area contributed by atoms with Gasteiger partial charge >= 0.3 is 0 Å². The van der Waals surface area contributed by atoms with Gasteiger partial charge in [-0.3, -0.25) is 14.4 Å². The standard InChI is InChI=1S/C20H17F2N3O4/c21-12-5-4-11(15(22)7-12)8-23-19(28)14-10-25-13-3-1-2-6-24(9-13)20(29)16(25)18(27)17(14)26/h1-2,4-5,7,10,13,27H,3,6,8-9H2,(H,23,28)/t13-/m1/s1. The molecule has 29 heavy (non-hydrogen) atoms. The van der Waals surface area contributed by atoms with E-state index in [0.29, 0.717) is 25.6 Å². The van der Waals surface area contributed by atoms with Crippen LogP contribution in [0.2, 0.25) is 0 Å². The third-order valence-corrected chi connectivity index (χ3v) is 5.12. The van der Waals surface area contributed by atoms with Gasteiger partial charge in [-0.25, -0.2) is 8.78 Å². The first-order chi connectivity index (χ1) is 13.9. The third-order valence-electron chi connectivity index (χ3n) is 5.12. The van der Waals surface area contributed by atoms with E-state index in [1.54, 1.807) is 0 Å². The molecule has 1 aromatic heterocycles. The molecular formula is C20H17F2N3O4. The first-order valence-corrected chi connectivity index (χ1v) is 9.01. The molecule has 0 spiro atoms. The average molecular weight is 401 g/mol. The Morgan fingerprint density at radius 3 is 2.79 bits per heavy atom. The maximum absolute atomic E-state index is 13.7. The molecule has 2 bridgehead atoms. The second-order valence-electron chi connectivity index (χ2n) is 6.97. The Morgan fingerprint density at radius 1 is 1.24 bits per heavy atom. The highest BCUT2D eigenvalue weighted by Gasteiger charge is 2.35. The zero-order chi connectivity index (χ0) is 20.7. The van der Waals surface area contributed by atoms with Crippen LogP contribution in [0.1, 0.15) is 38.9 Å². The lowest BCUT2D eigenvalue weighted by Gasteiger charge is -2.34. The van der Waals surface area contributed by atoms with Crippen LogP contribution in [0.15, 0.2) is 41.3 Å². The molecule has 3 heterocycles. The lowest BCUT2D eigenvalue weighted by molar-refractivity contribution is 0.0688. The van der Waals surface area contributed by atoms with Crippen LogP contribution >= 0.6 is 0 Å². The highest BCUT2D eigenvalue weighted by molar-refractivity contribution is 5.99. The molecule has 0 saturated carbocycles. The monoisotopic (exact) mass is 401 g/mol. The van der Waals surface area contributed by atoms with Crippen LogP contribution in [0, 0.1) is 11.6 Å². The summed E-state index contributed by atoms with van der Waals surface area (Å²) in [7, 11) is 0. The SMILES string of the molecule is O=C(NCc1ccc(F)cc1F)c1cn2c(c(O)c1=O)C(=O)N1CC=CC[C@@H]2C1. The van der Waals surface area contributed by atoms with Crippen LogP contribution in [0.5, 0.6) is 5.75 Å². The van der Waals surface area contributed by atoms with Crippen molar-refractivity contribution in [1.82, 2.24) is 14.8 Å². The van der Waals surface area contributed by atoms with Crippen LogP contribution in [0.25, 0.3) is 0 Å². The van der Waals surface area contributed by atoms with Crippen molar-refractivity contribution in [2.45, 2.75) is 19.0 Å². The first-order valence-electron chi connectivity index (χ1n) is 9.01. The molecule has 2 aromatic rings. The largest absolute Gasteiger partial charge is 0.503 e. The summed E-state index contributed by atoms with van der Waals surface area (Å²) in [5.41, 5.74) is -1.43. The zero-order valence-electron chi connectivity index (χ0n) is 15.2. The van der Waals surface area contributed by atoms with Gasteiger partial charge in [-0.05, 0) is 12.5 Å². The van der Waals surface area contributed by atoms with Crippen LogP contribution in [-0.2, 0) is 6.54 Å². The maximum atomic E-state index is 13.7. The van der Waals surface area contributed by atoms with Gasteiger partial charge in [-0.2, -0.15) is 0 Å². The Morgan fingerprint density at radius 2 is 2.03 bits per heavy atom. The number of hydrogen-bond acceptors (Lipinski definition) is 4. The normalized spacial score (nSPS) is 17.7. The number of fused-ring (bicyclic) bond motifs is 4. The number of amides is 2. The van der Waals surface area contributed by atoms with Gasteiger partial charge in [0, 0.05) is 37.5 Å². The number of hydrogen-bond donors (Lipinski definition) is 2. The Labute approximate surface area is 163 Å². The van der Waals surface area contributed by atoms with E-state index in [-0.39, 0.29) is 29.4 Å². The van der Waals surface area contributed by atoms with E-state index < -0.39 is 34.6 Å². The number of nitrogens with zero attached hydrogens (tertiary/aromatic N) is 2. The minimum Gasteiger partial charge on any atom is -0.503 e. The number of pyridine rings is 1. The summed E-state index contributed by atoms with van der Waals surface area (Å²) in [6, 6.07) is 2.71. The van der Waals surface area contributed by atoms with Gasteiger partial charge < -0.3 is 19.9 Å². The fraction of sp³-hybridized carbons (Fsp3) is 0.250. The second-order valence-corrected chi connectivity index (χ2v) is 6.97. The molecule has 0 unspecified atom stereocenters. The van der Waals surface area contributed by atoms with Crippen molar-refractivity contribution in [2.24, 2.45) is 0 Å². The van der Waals surface area contributed by atoms with Crippen molar-refractivity contribution in [1.29, 1.82) is 0 Å². The number of carbonyl (C=O) groups is 2. The minimum atomic E-state index is -0.977. The van der Waals surface area contributed by atoms with Gasteiger partial charge in [-0.1, -0.05) is 18.2 Å². The second kappa shape index (κ2) is 7.16. The van der Waals surface area contributed by atoms with Crippen LogP contribution in [0.3, 0.4) is 0 Å². The van der Waals surface area contributed by atoms with E-state index in [4.69, 9.17) is 0 Å². The number of aromatic nitrogens is 1. The molecular weight excluding hydrogens is 384 g/mol. The predicted octanol–water partition coefficient (Wildman–Crippen LogP) is 1.72. The third kappa shape index (κ3) is 3.28. The number of allylic oxidation sites excluding steroid dienone is 1. The topological polar surface area (TPSA) is 91.6 Å². The predicted molar refractivity (Wildman–Crippen MR) is 98.6 cm³/mol. The Kier molecular flexibility index (Phi) is 4.65.